The molecule has 0 unspecified atom stereocenters. The minimum absolute atomic E-state index is 0.130. The predicted octanol–water partition coefficient (Wildman–Crippen LogP) is 0.0186. The van der Waals surface area contributed by atoms with Crippen LogP contribution in [-0.2, 0) is 4.74 Å². The first-order valence-electron chi connectivity index (χ1n) is 5.04. The van der Waals surface area contributed by atoms with Gasteiger partial charge in [-0.3, -0.25) is 4.90 Å². The normalized spacial score (nSPS) is 37.6. The van der Waals surface area contributed by atoms with E-state index in [2.05, 4.69) is 10.2 Å². The zero-order chi connectivity index (χ0) is 9.10. The van der Waals surface area contributed by atoms with Crippen LogP contribution >= 0.6 is 0 Å². The molecule has 0 aliphatic carbocycles. The number of ether oxygens (including phenoxy) is 1. The molecule has 2 heterocycles. The molecule has 2 aliphatic heterocycles. The van der Waals surface area contributed by atoms with E-state index in [0.717, 1.165) is 39.3 Å². The number of halogens is 1. The van der Waals surface area contributed by atoms with Crippen LogP contribution in [0, 0.1) is 0 Å². The molecule has 2 saturated heterocycles. The molecule has 0 radical (unpaired) electrons. The fourth-order valence-electron chi connectivity index (χ4n) is 2.13. The van der Waals surface area contributed by atoms with Crippen molar-refractivity contribution in [2.75, 3.05) is 39.4 Å². The Morgan fingerprint density at radius 2 is 2.08 bits per heavy atom. The van der Waals surface area contributed by atoms with Crippen molar-refractivity contribution in [2.24, 2.45) is 0 Å². The van der Waals surface area contributed by atoms with E-state index >= 15 is 0 Å². The summed E-state index contributed by atoms with van der Waals surface area (Å²) in [4.78, 5) is 2.23. The van der Waals surface area contributed by atoms with Gasteiger partial charge in [0.25, 0.3) is 0 Å². The molecular formula is C9H17FN2O. The summed E-state index contributed by atoms with van der Waals surface area (Å²) in [7, 11) is 0. The van der Waals surface area contributed by atoms with Gasteiger partial charge in [0.15, 0.2) is 0 Å². The monoisotopic (exact) mass is 188 g/mol. The number of alkyl halides is 1. The van der Waals surface area contributed by atoms with Crippen LogP contribution < -0.4 is 5.32 Å². The summed E-state index contributed by atoms with van der Waals surface area (Å²) in [6.45, 7) is 4.77. The van der Waals surface area contributed by atoms with E-state index in [9.17, 15) is 4.39 Å². The van der Waals surface area contributed by atoms with E-state index in [-0.39, 0.29) is 6.04 Å². The Kier molecular flexibility index (Phi) is 3.14. The molecule has 0 bridgehead atoms. The maximum atomic E-state index is 13.5. The van der Waals surface area contributed by atoms with Gasteiger partial charge >= 0.3 is 0 Å². The van der Waals surface area contributed by atoms with Crippen molar-refractivity contribution >= 4 is 0 Å². The van der Waals surface area contributed by atoms with Crippen molar-refractivity contribution in [3.05, 3.63) is 0 Å². The number of nitrogens with zero attached hydrogens (tertiary/aromatic N) is 1. The number of morpholine rings is 1. The van der Waals surface area contributed by atoms with E-state index in [0.29, 0.717) is 6.54 Å². The van der Waals surface area contributed by atoms with Gasteiger partial charge in [-0.15, -0.1) is 0 Å². The van der Waals surface area contributed by atoms with Gasteiger partial charge in [-0.1, -0.05) is 0 Å². The van der Waals surface area contributed by atoms with Crippen molar-refractivity contribution in [3.8, 4) is 0 Å². The number of hydrogen-bond donors (Lipinski definition) is 1. The van der Waals surface area contributed by atoms with Crippen molar-refractivity contribution < 1.29 is 9.13 Å². The fraction of sp³-hybridized carbons (Fsp3) is 1.00. The zero-order valence-corrected chi connectivity index (χ0v) is 7.84. The number of hydrogen-bond acceptors (Lipinski definition) is 3. The third-order valence-electron chi connectivity index (χ3n) is 2.89. The second kappa shape index (κ2) is 4.35. The van der Waals surface area contributed by atoms with Gasteiger partial charge < -0.3 is 10.1 Å². The molecule has 2 atom stereocenters. The van der Waals surface area contributed by atoms with Crippen molar-refractivity contribution in [2.45, 2.75) is 18.6 Å². The van der Waals surface area contributed by atoms with Gasteiger partial charge in [-0.05, 0) is 13.0 Å². The molecule has 0 amide bonds. The number of piperidine rings is 1. The fourth-order valence-corrected chi connectivity index (χ4v) is 2.13. The molecule has 1 N–H and O–H groups in total. The van der Waals surface area contributed by atoms with E-state index in [4.69, 9.17) is 4.74 Å². The third kappa shape index (κ3) is 2.18. The average molecular weight is 188 g/mol. The summed E-state index contributed by atoms with van der Waals surface area (Å²) in [6, 6.07) is 0.130. The summed E-state index contributed by atoms with van der Waals surface area (Å²) >= 11 is 0. The molecule has 13 heavy (non-hydrogen) atoms. The summed E-state index contributed by atoms with van der Waals surface area (Å²) in [5, 5.41) is 3.07. The minimum atomic E-state index is -0.702. The van der Waals surface area contributed by atoms with Crippen LogP contribution in [0.15, 0.2) is 0 Å². The van der Waals surface area contributed by atoms with Gasteiger partial charge in [0.05, 0.1) is 13.2 Å². The van der Waals surface area contributed by atoms with E-state index in [1.54, 1.807) is 0 Å². The molecule has 0 aromatic carbocycles. The number of nitrogens with one attached hydrogen (secondary N) is 1. The Morgan fingerprint density at radius 3 is 2.77 bits per heavy atom. The van der Waals surface area contributed by atoms with E-state index < -0.39 is 6.17 Å². The van der Waals surface area contributed by atoms with Crippen LogP contribution in [-0.4, -0.2) is 56.5 Å². The molecule has 0 aromatic heterocycles. The standard InChI is InChI=1S/C9H17FN2O/c10-8-7-11-2-1-9(8)12-3-5-13-6-4-12/h8-9,11H,1-7H2/t8-,9+/m0/s1. The third-order valence-corrected chi connectivity index (χ3v) is 2.89. The Morgan fingerprint density at radius 1 is 1.31 bits per heavy atom. The van der Waals surface area contributed by atoms with Crippen molar-refractivity contribution in [3.63, 3.8) is 0 Å². The zero-order valence-electron chi connectivity index (χ0n) is 7.84. The highest BCUT2D eigenvalue weighted by atomic mass is 19.1. The molecular weight excluding hydrogens is 171 g/mol. The van der Waals surface area contributed by atoms with E-state index in [1.807, 2.05) is 0 Å². The number of rotatable bonds is 1. The summed E-state index contributed by atoms with van der Waals surface area (Å²) in [6.07, 6.45) is 0.230. The summed E-state index contributed by atoms with van der Waals surface area (Å²) in [5.41, 5.74) is 0. The highest BCUT2D eigenvalue weighted by molar-refractivity contribution is 4.86. The predicted molar refractivity (Wildman–Crippen MR) is 48.6 cm³/mol. The van der Waals surface area contributed by atoms with Gasteiger partial charge in [-0.25, -0.2) is 4.39 Å². The Bertz CT molecular complexity index is 162. The quantitative estimate of drug-likeness (QED) is 0.628. The van der Waals surface area contributed by atoms with Crippen LogP contribution in [0.5, 0.6) is 0 Å². The minimum Gasteiger partial charge on any atom is -0.379 e. The first kappa shape index (κ1) is 9.37. The van der Waals surface area contributed by atoms with Gasteiger partial charge in [-0.2, -0.15) is 0 Å². The topological polar surface area (TPSA) is 24.5 Å². The maximum absolute atomic E-state index is 13.5. The smallest absolute Gasteiger partial charge is 0.128 e. The highest BCUT2D eigenvalue weighted by Gasteiger charge is 2.30. The Balaban J connectivity index is 1.88. The molecule has 2 rings (SSSR count). The van der Waals surface area contributed by atoms with Gasteiger partial charge in [0, 0.05) is 25.7 Å². The van der Waals surface area contributed by atoms with Crippen LogP contribution in [0.25, 0.3) is 0 Å². The van der Waals surface area contributed by atoms with Crippen LogP contribution in [0.2, 0.25) is 0 Å². The van der Waals surface area contributed by atoms with E-state index in [1.165, 1.54) is 0 Å². The van der Waals surface area contributed by atoms with Crippen molar-refractivity contribution in [1.29, 1.82) is 0 Å². The highest BCUT2D eigenvalue weighted by Crippen LogP contribution is 2.16. The van der Waals surface area contributed by atoms with Crippen LogP contribution in [0.4, 0.5) is 4.39 Å². The SMILES string of the molecule is F[C@H]1CNCC[C@H]1N1CCOCC1. The molecule has 4 heteroatoms. The molecule has 3 nitrogen and oxygen atoms in total. The lowest BCUT2D eigenvalue weighted by atomic mass is 10.0. The van der Waals surface area contributed by atoms with Gasteiger partial charge in [0.1, 0.15) is 6.17 Å². The maximum Gasteiger partial charge on any atom is 0.128 e. The summed E-state index contributed by atoms with van der Waals surface area (Å²) in [5.74, 6) is 0. The first-order valence-corrected chi connectivity index (χ1v) is 5.04. The van der Waals surface area contributed by atoms with Crippen molar-refractivity contribution in [1.82, 2.24) is 10.2 Å². The Hall–Kier alpha value is -0.190. The second-order valence-electron chi connectivity index (χ2n) is 3.72. The largest absolute Gasteiger partial charge is 0.379 e. The molecule has 0 aromatic rings. The molecule has 0 saturated carbocycles. The lowest BCUT2D eigenvalue weighted by molar-refractivity contribution is -0.0108. The van der Waals surface area contributed by atoms with Gasteiger partial charge in [0.2, 0.25) is 0 Å². The lowest BCUT2D eigenvalue weighted by Crippen LogP contribution is -2.54. The molecule has 2 aliphatic rings. The lowest BCUT2D eigenvalue weighted by Gasteiger charge is -2.38. The van der Waals surface area contributed by atoms with Crippen LogP contribution in [0.3, 0.4) is 0 Å². The average Bonchev–Trinajstić information content (AvgIpc) is 2.20. The second-order valence-corrected chi connectivity index (χ2v) is 3.72. The molecule has 76 valence electrons. The van der Waals surface area contributed by atoms with Crippen LogP contribution in [0.1, 0.15) is 6.42 Å². The Labute approximate surface area is 78.2 Å². The first-order chi connectivity index (χ1) is 6.38. The molecule has 2 fully saturated rings. The molecule has 0 spiro atoms. The summed E-state index contributed by atoms with van der Waals surface area (Å²) < 4.78 is 18.7.